The van der Waals surface area contributed by atoms with Crippen LogP contribution in [0.3, 0.4) is 0 Å². The van der Waals surface area contributed by atoms with E-state index in [1.54, 1.807) is 0 Å². The molecule has 0 amide bonds. The first-order valence-corrected chi connectivity index (χ1v) is 6.49. The van der Waals surface area contributed by atoms with Crippen molar-refractivity contribution in [2.45, 2.75) is 40.9 Å². The van der Waals surface area contributed by atoms with E-state index >= 15 is 0 Å². The quantitative estimate of drug-likeness (QED) is 0.840. The summed E-state index contributed by atoms with van der Waals surface area (Å²) in [7, 11) is 0. The zero-order valence-corrected chi connectivity index (χ0v) is 12.0. The van der Waals surface area contributed by atoms with Crippen molar-refractivity contribution in [3.63, 3.8) is 0 Å². The van der Waals surface area contributed by atoms with Crippen LogP contribution in [0.1, 0.15) is 33.9 Å². The first kappa shape index (κ1) is 13.7. The van der Waals surface area contributed by atoms with Crippen molar-refractivity contribution in [2.24, 2.45) is 0 Å². The van der Waals surface area contributed by atoms with Crippen molar-refractivity contribution >= 4 is 0 Å². The maximum absolute atomic E-state index is 5.70. The topological polar surface area (TPSA) is 35.0 Å². The van der Waals surface area contributed by atoms with Gasteiger partial charge in [-0.05, 0) is 63.1 Å². The van der Waals surface area contributed by atoms with Gasteiger partial charge >= 0.3 is 0 Å². The molecule has 2 aromatic heterocycles. The van der Waals surface area contributed by atoms with Gasteiger partial charge in [0.25, 0.3) is 0 Å². The molecule has 100 valence electrons. The molecule has 0 saturated heterocycles. The van der Waals surface area contributed by atoms with Crippen LogP contribution in [0.2, 0.25) is 0 Å². The zero-order valence-electron chi connectivity index (χ0n) is 12.0. The predicted octanol–water partition coefficient (Wildman–Crippen LogP) is 3.43. The van der Waals surface area contributed by atoms with E-state index in [1.807, 2.05) is 13.8 Å². The molecule has 0 aliphatic heterocycles. The van der Waals surface area contributed by atoms with E-state index in [1.165, 1.54) is 11.1 Å². The Morgan fingerprint density at radius 3 is 1.53 bits per heavy atom. The Balaban J connectivity index is 1.96. The number of hydrogen-bond donors (Lipinski definition) is 0. The third-order valence-electron chi connectivity index (χ3n) is 2.80. The Morgan fingerprint density at radius 1 is 0.737 bits per heavy atom. The van der Waals surface area contributed by atoms with Gasteiger partial charge in [0.05, 0.1) is 24.6 Å². The number of ether oxygens (including phenoxy) is 1. The molecule has 19 heavy (non-hydrogen) atoms. The number of aromatic nitrogens is 2. The van der Waals surface area contributed by atoms with Crippen molar-refractivity contribution in [3.8, 4) is 0 Å². The van der Waals surface area contributed by atoms with E-state index in [9.17, 15) is 0 Å². The van der Waals surface area contributed by atoms with Gasteiger partial charge in [-0.25, -0.2) is 0 Å². The second-order valence-corrected chi connectivity index (χ2v) is 5.05. The maximum Gasteiger partial charge on any atom is 0.0893 e. The first-order valence-electron chi connectivity index (χ1n) is 6.49. The summed E-state index contributed by atoms with van der Waals surface area (Å²) in [6, 6.07) is 8.24. The number of rotatable bonds is 4. The van der Waals surface area contributed by atoms with Crippen molar-refractivity contribution in [1.29, 1.82) is 0 Å². The van der Waals surface area contributed by atoms with Crippen LogP contribution < -0.4 is 0 Å². The molecule has 0 fully saturated rings. The van der Waals surface area contributed by atoms with Gasteiger partial charge in [-0.3, -0.25) is 9.97 Å². The van der Waals surface area contributed by atoms with Crippen molar-refractivity contribution in [3.05, 3.63) is 58.2 Å². The van der Waals surface area contributed by atoms with E-state index in [4.69, 9.17) is 4.74 Å². The summed E-state index contributed by atoms with van der Waals surface area (Å²) < 4.78 is 5.70. The molecule has 0 aliphatic rings. The SMILES string of the molecule is Cc1cc(C)nc(COCc2cc(C)cc(C)n2)c1. The van der Waals surface area contributed by atoms with E-state index in [2.05, 4.69) is 48.1 Å². The fourth-order valence-electron chi connectivity index (χ4n) is 2.26. The summed E-state index contributed by atoms with van der Waals surface area (Å²) in [5, 5.41) is 0. The molecule has 3 heteroatoms. The molecular formula is C16H20N2O. The molecular weight excluding hydrogens is 236 g/mol. The van der Waals surface area contributed by atoms with Crippen LogP contribution in [0.5, 0.6) is 0 Å². The molecule has 0 bridgehead atoms. The van der Waals surface area contributed by atoms with Gasteiger partial charge in [0.2, 0.25) is 0 Å². The Morgan fingerprint density at radius 2 is 1.16 bits per heavy atom. The highest BCUT2D eigenvalue weighted by molar-refractivity contribution is 5.20. The van der Waals surface area contributed by atoms with Crippen molar-refractivity contribution in [1.82, 2.24) is 9.97 Å². The number of aryl methyl sites for hydroxylation is 4. The molecule has 0 N–H and O–H groups in total. The van der Waals surface area contributed by atoms with Crippen LogP contribution in [-0.4, -0.2) is 9.97 Å². The molecule has 0 saturated carbocycles. The van der Waals surface area contributed by atoms with Crippen LogP contribution in [0, 0.1) is 27.7 Å². The van der Waals surface area contributed by atoms with Crippen LogP contribution in [0.15, 0.2) is 24.3 Å². The lowest BCUT2D eigenvalue weighted by Crippen LogP contribution is -2.01. The third-order valence-corrected chi connectivity index (χ3v) is 2.80. The van der Waals surface area contributed by atoms with Crippen molar-refractivity contribution < 1.29 is 4.74 Å². The van der Waals surface area contributed by atoms with Crippen LogP contribution in [0.4, 0.5) is 0 Å². The first-order chi connectivity index (χ1) is 9.02. The summed E-state index contributed by atoms with van der Waals surface area (Å²) in [6.07, 6.45) is 0. The van der Waals surface area contributed by atoms with Gasteiger partial charge in [-0.1, -0.05) is 0 Å². The lowest BCUT2D eigenvalue weighted by molar-refractivity contribution is 0.102. The van der Waals surface area contributed by atoms with Gasteiger partial charge < -0.3 is 4.74 Å². The molecule has 0 aliphatic carbocycles. The molecule has 0 radical (unpaired) electrons. The van der Waals surface area contributed by atoms with E-state index in [0.29, 0.717) is 13.2 Å². The van der Waals surface area contributed by atoms with Crippen LogP contribution in [-0.2, 0) is 18.0 Å². The minimum Gasteiger partial charge on any atom is -0.369 e. The fraction of sp³-hybridized carbons (Fsp3) is 0.375. The van der Waals surface area contributed by atoms with Gasteiger partial charge in [-0.15, -0.1) is 0 Å². The van der Waals surface area contributed by atoms with E-state index in [0.717, 1.165) is 22.8 Å². The maximum atomic E-state index is 5.70. The Bertz CT molecular complexity index is 487. The molecule has 3 nitrogen and oxygen atoms in total. The largest absolute Gasteiger partial charge is 0.369 e. The summed E-state index contributed by atoms with van der Waals surface area (Å²) in [5.74, 6) is 0. The fourth-order valence-corrected chi connectivity index (χ4v) is 2.26. The minimum atomic E-state index is 0.525. The Hall–Kier alpha value is -1.74. The molecule has 2 rings (SSSR count). The number of nitrogens with zero attached hydrogens (tertiary/aromatic N) is 2. The zero-order chi connectivity index (χ0) is 13.8. The van der Waals surface area contributed by atoms with Crippen LogP contribution >= 0.6 is 0 Å². The molecule has 0 spiro atoms. The number of pyridine rings is 2. The lowest BCUT2D eigenvalue weighted by atomic mass is 10.2. The van der Waals surface area contributed by atoms with Gasteiger partial charge in [0, 0.05) is 11.4 Å². The molecule has 0 atom stereocenters. The summed E-state index contributed by atoms with van der Waals surface area (Å²) >= 11 is 0. The Kier molecular flexibility index (Phi) is 4.27. The number of hydrogen-bond acceptors (Lipinski definition) is 3. The summed E-state index contributed by atoms with van der Waals surface area (Å²) in [5.41, 5.74) is 6.45. The van der Waals surface area contributed by atoms with Crippen molar-refractivity contribution in [2.75, 3.05) is 0 Å². The molecule has 0 unspecified atom stereocenters. The molecule has 0 aromatic carbocycles. The third kappa shape index (κ3) is 4.14. The standard InChI is InChI=1S/C16H20N2O/c1-11-5-13(3)17-15(7-11)9-19-10-16-8-12(2)6-14(4)18-16/h5-8H,9-10H2,1-4H3. The average Bonchev–Trinajstić information content (AvgIpc) is 2.26. The highest BCUT2D eigenvalue weighted by atomic mass is 16.5. The Labute approximate surface area is 114 Å². The highest BCUT2D eigenvalue weighted by Crippen LogP contribution is 2.09. The van der Waals surface area contributed by atoms with E-state index in [-0.39, 0.29) is 0 Å². The smallest absolute Gasteiger partial charge is 0.0893 e. The summed E-state index contributed by atoms with van der Waals surface area (Å²) in [6.45, 7) is 9.20. The molecule has 2 aromatic rings. The lowest BCUT2D eigenvalue weighted by Gasteiger charge is -2.07. The van der Waals surface area contributed by atoms with Crippen LogP contribution in [0.25, 0.3) is 0 Å². The monoisotopic (exact) mass is 256 g/mol. The van der Waals surface area contributed by atoms with Gasteiger partial charge in [0.15, 0.2) is 0 Å². The normalized spacial score (nSPS) is 10.7. The van der Waals surface area contributed by atoms with Gasteiger partial charge in [-0.2, -0.15) is 0 Å². The predicted molar refractivity (Wildman–Crippen MR) is 75.9 cm³/mol. The van der Waals surface area contributed by atoms with Gasteiger partial charge in [0.1, 0.15) is 0 Å². The minimum absolute atomic E-state index is 0.525. The second kappa shape index (κ2) is 5.93. The van der Waals surface area contributed by atoms with E-state index < -0.39 is 0 Å². The summed E-state index contributed by atoms with van der Waals surface area (Å²) in [4.78, 5) is 8.91. The second-order valence-electron chi connectivity index (χ2n) is 5.05. The average molecular weight is 256 g/mol. The molecule has 2 heterocycles. The highest BCUT2D eigenvalue weighted by Gasteiger charge is 2.01.